The van der Waals surface area contributed by atoms with Gasteiger partial charge in [-0.25, -0.2) is 0 Å². The quantitative estimate of drug-likeness (QED) is 0.364. The molecule has 2 rings (SSSR count). The monoisotopic (exact) mass is 440 g/mol. The third-order valence-electron chi connectivity index (χ3n) is 3.72. The Morgan fingerprint density at radius 2 is 1.56 bits per heavy atom. The Morgan fingerprint density at radius 1 is 0.852 bits per heavy atom. The van der Waals surface area contributed by atoms with Crippen LogP contribution in [0.25, 0.3) is 0 Å². The van der Waals surface area contributed by atoms with Gasteiger partial charge in [-0.1, -0.05) is 28.1 Å². The zero-order valence-electron chi connectivity index (χ0n) is 15.8. The van der Waals surface area contributed by atoms with Gasteiger partial charge in [0.1, 0.15) is 5.75 Å². The van der Waals surface area contributed by atoms with Crippen LogP contribution in [0.3, 0.4) is 0 Å². The van der Waals surface area contributed by atoms with Crippen LogP contribution in [0, 0.1) is 0 Å². The summed E-state index contributed by atoms with van der Waals surface area (Å²) >= 11 is 3.54. The second kappa shape index (κ2) is 11.8. The van der Waals surface area contributed by atoms with Crippen molar-refractivity contribution in [2.75, 3.05) is 41.5 Å². The normalized spacial score (nSPS) is 10.7. The molecule has 0 N–H and O–H groups in total. The Morgan fingerprint density at radius 3 is 2.22 bits per heavy atom. The van der Waals surface area contributed by atoms with Crippen molar-refractivity contribution in [2.45, 2.75) is 13.0 Å². The van der Waals surface area contributed by atoms with Crippen LogP contribution in [-0.4, -0.2) is 41.5 Å². The number of halogens is 1. The first-order valence-electron chi connectivity index (χ1n) is 8.44. The zero-order chi connectivity index (χ0) is 19.5. The summed E-state index contributed by atoms with van der Waals surface area (Å²) < 4.78 is 32.8. The summed E-state index contributed by atoms with van der Waals surface area (Å²) in [6.07, 6.45) is 0.811. The molecule has 7 heteroatoms. The Hall–Kier alpha value is -1.80. The van der Waals surface area contributed by atoms with Crippen LogP contribution in [0.2, 0.25) is 0 Å². The van der Waals surface area contributed by atoms with Gasteiger partial charge in [-0.05, 0) is 41.8 Å². The van der Waals surface area contributed by atoms with Crippen LogP contribution in [0.4, 0.5) is 0 Å². The highest BCUT2D eigenvalue weighted by Gasteiger charge is 2.10. The number of ether oxygens (including phenoxy) is 6. The molecule has 0 saturated heterocycles. The molecule has 0 saturated carbocycles. The second-order valence-electron chi connectivity index (χ2n) is 5.64. The summed E-state index contributed by atoms with van der Waals surface area (Å²) in [7, 11) is 4.77. The molecule has 0 bridgehead atoms. The maximum atomic E-state index is 5.82. The lowest BCUT2D eigenvalue weighted by Gasteiger charge is -2.14. The minimum atomic E-state index is 0.155. The molecule has 148 valence electrons. The average Bonchev–Trinajstić information content (AvgIpc) is 2.70. The smallest absolute Gasteiger partial charge is 0.188 e. The van der Waals surface area contributed by atoms with E-state index in [2.05, 4.69) is 15.9 Å². The number of rotatable bonds is 12. The predicted molar refractivity (Wildman–Crippen MR) is 106 cm³/mol. The van der Waals surface area contributed by atoms with Crippen molar-refractivity contribution < 1.29 is 28.4 Å². The summed E-state index contributed by atoms with van der Waals surface area (Å²) in [5, 5.41) is 0. The zero-order valence-corrected chi connectivity index (χ0v) is 17.4. The lowest BCUT2D eigenvalue weighted by Crippen LogP contribution is -2.04. The van der Waals surface area contributed by atoms with Crippen LogP contribution in [-0.2, 0) is 27.2 Å². The fourth-order valence-corrected chi connectivity index (χ4v) is 2.77. The highest BCUT2D eigenvalue weighted by atomic mass is 79.9. The molecule has 2 aromatic rings. The number of benzene rings is 2. The van der Waals surface area contributed by atoms with E-state index in [-0.39, 0.29) is 13.6 Å². The highest BCUT2D eigenvalue weighted by molar-refractivity contribution is 9.10. The van der Waals surface area contributed by atoms with Crippen molar-refractivity contribution in [2.24, 2.45) is 0 Å². The maximum Gasteiger partial charge on any atom is 0.188 e. The van der Waals surface area contributed by atoms with Gasteiger partial charge in [0.2, 0.25) is 0 Å². The second-order valence-corrected chi connectivity index (χ2v) is 6.50. The lowest BCUT2D eigenvalue weighted by molar-refractivity contribution is 0.0488. The first kappa shape index (κ1) is 21.5. The van der Waals surface area contributed by atoms with Crippen LogP contribution in [0.5, 0.6) is 17.2 Å². The molecule has 0 spiro atoms. The van der Waals surface area contributed by atoms with E-state index in [1.807, 2.05) is 36.4 Å². The van der Waals surface area contributed by atoms with E-state index in [4.69, 9.17) is 28.4 Å². The predicted octanol–water partition coefficient (Wildman–Crippen LogP) is 4.18. The van der Waals surface area contributed by atoms with Crippen LogP contribution < -0.4 is 14.2 Å². The van der Waals surface area contributed by atoms with E-state index >= 15 is 0 Å². The van der Waals surface area contributed by atoms with E-state index in [1.165, 1.54) is 5.56 Å². The van der Waals surface area contributed by atoms with E-state index in [0.29, 0.717) is 24.7 Å². The third-order valence-corrected chi connectivity index (χ3v) is 4.46. The molecule has 0 aliphatic heterocycles. The topological polar surface area (TPSA) is 55.4 Å². The molecule has 0 amide bonds. The molecule has 0 radical (unpaired) electrons. The molecule has 6 nitrogen and oxygen atoms in total. The SMILES string of the molecule is COCOc1ccc(CCOCc2cc(OCOC)c(OC)cc2Br)cc1. The van der Waals surface area contributed by atoms with Crippen LogP contribution in [0.1, 0.15) is 11.1 Å². The van der Waals surface area contributed by atoms with Gasteiger partial charge in [0.05, 0.1) is 20.3 Å². The van der Waals surface area contributed by atoms with Gasteiger partial charge >= 0.3 is 0 Å². The van der Waals surface area contributed by atoms with Crippen molar-refractivity contribution in [1.82, 2.24) is 0 Å². The van der Waals surface area contributed by atoms with Gasteiger partial charge in [0.15, 0.2) is 25.1 Å². The fourth-order valence-electron chi connectivity index (χ4n) is 2.33. The van der Waals surface area contributed by atoms with E-state index < -0.39 is 0 Å². The Kier molecular flexibility index (Phi) is 9.41. The molecule has 0 heterocycles. The first-order chi connectivity index (χ1) is 13.2. The molecule has 0 atom stereocenters. The summed E-state index contributed by atoms with van der Waals surface area (Å²) in [6, 6.07) is 11.6. The van der Waals surface area contributed by atoms with Crippen molar-refractivity contribution in [1.29, 1.82) is 0 Å². The first-order valence-corrected chi connectivity index (χ1v) is 9.23. The van der Waals surface area contributed by atoms with Gasteiger partial charge in [0.25, 0.3) is 0 Å². The van der Waals surface area contributed by atoms with Crippen LogP contribution in [0.15, 0.2) is 40.9 Å². The molecule has 0 unspecified atom stereocenters. The Labute approximate surface area is 168 Å². The van der Waals surface area contributed by atoms with E-state index in [9.17, 15) is 0 Å². The van der Waals surface area contributed by atoms with Gasteiger partial charge < -0.3 is 28.4 Å². The molecular formula is C20H25BrO6. The highest BCUT2D eigenvalue weighted by Crippen LogP contribution is 2.34. The Bertz CT molecular complexity index is 690. The fraction of sp³-hybridized carbons (Fsp3) is 0.400. The molecule has 2 aromatic carbocycles. The standard InChI is InChI=1S/C20H25BrO6/c1-22-13-26-17-6-4-15(5-7-17)8-9-25-12-16-10-20(27-14-23-2)19(24-3)11-18(16)21/h4-7,10-11H,8-9,12-14H2,1-3H3. The molecule has 0 aromatic heterocycles. The largest absolute Gasteiger partial charge is 0.493 e. The number of methoxy groups -OCH3 is 3. The molecule has 27 heavy (non-hydrogen) atoms. The molecular weight excluding hydrogens is 416 g/mol. The van der Waals surface area contributed by atoms with Gasteiger partial charge in [-0.2, -0.15) is 0 Å². The average molecular weight is 441 g/mol. The third kappa shape index (κ3) is 7.03. The van der Waals surface area contributed by atoms with Crippen molar-refractivity contribution in [3.05, 3.63) is 52.0 Å². The summed E-state index contributed by atoms with van der Waals surface area (Å²) in [5.74, 6) is 2.04. The van der Waals surface area contributed by atoms with Crippen molar-refractivity contribution in [3.8, 4) is 17.2 Å². The molecule has 0 fully saturated rings. The summed E-state index contributed by atoms with van der Waals surface area (Å²) in [6.45, 7) is 1.46. The van der Waals surface area contributed by atoms with Crippen LogP contribution >= 0.6 is 15.9 Å². The summed E-state index contributed by atoms with van der Waals surface area (Å²) in [4.78, 5) is 0. The summed E-state index contributed by atoms with van der Waals surface area (Å²) in [5.41, 5.74) is 2.16. The van der Waals surface area contributed by atoms with Crippen molar-refractivity contribution in [3.63, 3.8) is 0 Å². The van der Waals surface area contributed by atoms with Gasteiger partial charge in [0, 0.05) is 18.7 Å². The molecule has 0 aliphatic carbocycles. The number of hydrogen-bond donors (Lipinski definition) is 0. The minimum absolute atomic E-state index is 0.155. The van der Waals surface area contributed by atoms with Crippen molar-refractivity contribution >= 4 is 15.9 Å². The molecule has 0 aliphatic rings. The maximum absolute atomic E-state index is 5.82. The lowest BCUT2D eigenvalue weighted by atomic mass is 10.1. The van der Waals surface area contributed by atoms with E-state index in [0.717, 1.165) is 22.2 Å². The van der Waals surface area contributed by atoms with E-state index in [1.54, 1.807) is 21.3 Å². The number of hydrogen-bond acceptors (Lipinski definition) is 6. The Balaban J connectivity index is 1.85. The van der Waals surface area contributed by atoms with Gasteiger partial charge in [-0.15, -0.1) is 0 Å². The minimum Gasteiger partial charge on any atom is -0.493 e. The van der Waals surface area contributed by atoms with Gasteiger partial charge in [-0.3, -0.25) is 0 Å².